The fourth-order valence-corrected chi connectivity index (χ4v) is 1.88. The number of carbonyl (C=O) groups excluding carboxylic acids is 1. The maximum Gasteiger partial charge on any atom is 0.262 e. The second kappa shape index (κ2) is 7.11. The average molecular weight is 306 g/mol. The van der Waals surface area contributed by atoms with E-state index in [-0.39, 0.29) is 12.5 Å². The van der Waals surface area contributed by atoms with Crippen LogP contribution in [0.15, 0.2) is 48.5 Å². The SMILES string of the molecule is C[C@H](O)c1cccc(NC(=O)COc2ccc(Cl)cc2)c1. The third-order valence-corrected chi connectivity index (χ3v) is 3.09. The van der Waals surface area contributed by atoms with Crippen molar-refractivity contribution in [2.45, 2.75) is 13.0 Å². The van der Waals surface area contributed by atoms with Gasteiger partial charge in [0.25, 0.3) is 5.91 Å². The van der Waals surface area contributed by atoms with Gasteiger partial charge in [0.1, 0.15) is 5.75 Å². The molecule has 0 saturated heterocycles. The molecule has 5 heteroatoms. The molecule has 0 spiro atoms. The summed E-state index contributed by atoms with van der Waals surface area (Å²) in [6.45, 7) is 1.57. The molecule has 0 unspecified atom stereocenters. The van der Waals surface area contributed by atoms with E-state index >= 15 is 0 Å². The van der Waals surface area contributed by atoms with E-state index in [1.807, 2.05) is 0 Å². The number of aliphatic hydroxyl groups excluding tert-OH is 1. The summed E-state index contributed by atoms with van der Waals surface area (Å²) in [5.74, 6) is 0.306. The Balaban J connectivity index is 1.89. The molecular weight excluding hydrogens is 290 g/mol. The van der Waals surface area contributed by atoms with E-state index in [0.29, 0.717) is 16.5 Å². The predicted octanol–water partition coefficient (Wildman–Crippen LogP) is 3.41. The largest absolute Gasteiger partial charge is 0.484 e. The summed E-state index contributed by atoms with van der Waals surface area (Å²) in [5.41, 5.74) is 1.37. The van der Waals surface area contributed by atoms with Gasteiger partial charge in [-0.25, -0.2) is 0 Å². The summed E-state index contributed by atoms with van der Waals surface area (Å²) in [6, 6.07) is 13.8. The molecule has 1 amide bonds. The highest BCUT2D eigenvalue weighted by atomic mass is 35.5. The Bertz CT molecular complexity index is 611. The van der Waals surface area contributed by atoms with Gasteiger partial charge < -0.3 is 15.2 Å². The van der Waals surface area contributed by atoms with Gasteiger partial charge in [-0.3, -0.25) is 4.79 Å². The molecule has 21 heavy (non-hydrogen) atoms. The van der Waals surface area contributed by atoms with Gasteiger partial charge in [-0.05, 0) is 48.9 Å². The molecule has 2 aromatic carbocycles. The van der Waals surface area contributed by atoms with Crippen molar-refractivity contribution < 1.29 is 14.6 Å². The first-order chi connectivity index (χ1) is 10.0. The Morgan fingerprint density at radius 1 is 1.29 bits per heavy atom. The molecule has 0 bridgehead atoms. The Kier molecular flexibility index (Phi) is 5.20. The quantitative estimate of drug-likeness (QED) is 0.890. The van der Waals surface area contributed by atoms with Gasteiger partial charge in [0, 0.05) is 10.7 Å². The van der Waals surface area contributed by atoms with Crippen molar-refractivity contribution in [3.63, 3.8) is 0 Å². The Hall–Kier alpha value is -2.04. The summed E-state index contributed by atoms with van der Waals surface area (Å²) in [7, 11) is 0. The molecular formula is C16H16ClNO3. The topological polar surface area (TPSA) is 58.6 Å². The summed E-state index contributed by atoms with van der Waals surface area (Å²) in [5, 5.41) is 12.8. The van der Waals surface area contributed by atoms with Crippen molar-refractivity contribution in [2.75, 3.05) is 11.9 Å². The zero-order chi connectivity index (χ0) is 15.2. The Labute approximate surface area is 128 Å². The number of rotatable bonds is 5. The standard InChI is InChI=1S/C16H16ClNO3/c1-11(19)12-3-2-4-14(9-12)18-16(20)10-21-15-7-5-13(17)6-8-15/h2-9,11,19H,10H2,1H3,(H,18,20)/t11-/m0/s1. The summed E-state index contributed by atoms with van der Waals surface area (Å²) < 4.78 is 5.35. The Morgan fingerprint density at radius 3 is 2.67 bits per heavy atom. The first-order valence-corrected chi connectivity index (χ1v) is 6.88. The van der Waals surface area contributed by atoms with E-state index in [0.717, 1.165) is 5.56 Å². The monoisotopic (exact) mass is 305 g/mol. The lowest BCUT2D eigenvalue weighted by Crippen LogP contribution is -2.20. The lowest BCUT2D eigenvalue weighted by Gasteiger charge is -2.10. The van der Waals surface area contributed by atoms with E-state index < -0.39 is 6.10 Å². The molecule has 4 nitrogen and oxygen atoms in total. The normalized spacial score (nSPS) is 11.8. The molecule has 0 saturated carbocycles. The van der Waals surface area contributed by atoms with Crippen LogP contribution in [-0.4, -0.2) is 17.6 Å². The highest BCUT2D eigenvalue weighted by Gasteiger charge is 2.06. The molecule has 2 N–H and O–H groups in total. The molecule has 2 rings (SSSR count). The minimum atomic E-state index is -0.577. The zero-order valence-corrected chi connectivity index (χ0v) is 12.3. The van der Waals surface area contributed by atoms with Gasteiger partial charge in [-0.2, -0.15) is 0 Å². The third kappa shape index (κ3) is 4.77. The maximum atomic E-state index is 11.8. The van der Waals surface area contributed by atoms with Crippen molar-refractivity contribution in [2.24, 2.45) is 0 Å². The average Bonchev–Trinajstić information content (AvgIpc) is 2.47. The third-order valence-electron chi connectivity index (χ3n) is 2.84. The number of aliphatic hydroxyl groups is 1. The van der Waals surface area contributed by atoms with Crippen molar-refractivity contribution in [1.29, 1.82) is 0 Å². The molecule has 0 aliphatic carbocycles. The van der Waals surface area contributed by atoms with E-state index in [1.165, 1.54) is 0 Å². The summed E-state index contributed by atoms with van der Waals surface area (Å²) in [6.07, 6.45) is -0.577. The molecule has 0 radical (unpaired) electrons. The van der Waals surface area contributed by atoms with E-state index in [2.05, 4.69) is 5.32 Å². The number of amides is 1. The number of anilines is 1. The summed E-state index contributed by atoms with van der Waals surface area (Å²) in [4.78, 5) is 11.8. The maximum absolute atomic E-state index is 11.8. The van der Waals surface area contributed by atoms with Crippen LogP contribution in [0.2, 0.25) is 5.02 Å². The van der Waals surface area contributed by atoms with Gasteiger partial charge in [0.2, 0.25) is 0 Å². The van der Waals surface area contributed by atoms with Crippen LogP contribution in [0.3, 0.4) is 0 Å². The van der Waals surface area contributed by atoms with Crippen LogP contribution in [0.1, 0.15) is 18.6 Å². The molecule has 1 atom stereocenters. The van der Waals surface area contributed by atoms with E-state index in [4.69, 9.17) is 16.3 Å². The lowest BCUT2D eigenvalue weighted by molar-refractivity contribution is -0.118. The van der Waals surface area contributed by atoms with Gasteiger partial charge in [-0.1, -0.05) is 23.7 Å². The second-order valence-electron chi connectivity index (χ2n) is 4.59. The van der Waals surface area contributed by atoms with Crippen LogP contribution < -0.4 is 10.1 Å². The molecule has 0 heterocycles. The van der Waals surface area contributed by atoms with Crippen LogP contribution >= 0.6 is 11.6 Å². The van der Waals surface area contributed by atoms with Crippen molar-refractivity contribution >= 4 is 23.2 Å². The van der Waals surface area contributed by atoms with Gasteiger partial charge in [0.05, 0.1) is 6.10 Å². The smallest absolute Gasteiger partial charge is 0.262 e. The molecule has 0 aromatic heterocycles. The van der Waals surface area contributed by atoms with Crippen LogP contribution in [0.25, 0.3) is 0 Å². The van der Waals surface area contributed by atoms with E-state index in [1.54, 1.807) is 55.5 Å². The molecule has 110 valence electrons. The number of carbonyl (C=O) groups is 1. The molecule has 2 aromatic rings. The fourth-order valence-electron chi connectivity index (χ4n) is 1.75. The van der Waals surface area contributed by atoms with E-state index in [9.17, 15) is 9.90 Å². The van der Waals surface area contributed by atoms with Gasteiger partial charge in [0.15, 0.2) is 6.61 Å². The molecule has 0 fully saturated rings. The second-order valence-corrected chi connectivity index (χ2v) is 5.03. The minimum absolute atomic E-state index is 0.0967. The number of benzene rings is 2. The number of ether oxygens (including phenoxy) is 1. The Morgan fingerprint density at radius 2 is 2.00 bits per heavy atom. The number of hydrogen-bond acceptors (Lipinski definition) is 3. The number of nitrogens with one attached hydrogen (secondary N) is 1. The number of hydrogen-bond donors (Lipinski definition) is 2. The minimum Gasteiger partial charge on any atom is -0.484 e. The molecule has 0 aliphatic heterocycles. The zero-order valence-electron chi connectivity index (χ0n) is 11.5. The number of halogens is 1. The van der Waals surface area contributed by atoms with Crippen molar-refractivity contribution in [1.82, 2.24) is 0 Å². The van der Waals surface area contributed by atoms with Crippen molar-refractivity contribution in [3.8, 4) is 5.75 Å². The van der Waals surface area contributed by atoms with Crippen LogP contribution in [0.5, 0.6) is 5.75 Å². The van der Waals surface area contributed by atoms with Gasteiger partial charge >= 0.3 is 0 Å². The highest BCUT2D eigenvalue weighted by Crippen LogP contribution is 2.18. The van der Waals surface area contributed by atoms with Crippen LogP contribution in [0, 0.1) is 0 Å². The summed E-state index contributed by atoms with van der Waals surface area (Å²) >= 11 is 5.77. The lowest BCUT2D eigenvalue weighted by atomic mass is 10.1. The molecule has 0 aliphatic rings. The first kappa shape index (κ1) is 15.4. The van der Waals surface area contributed by atoms with Gasteiger partial charge in [-0.15, -0.1) is 0 Å². The van der Waals surface area contributed by atoms with Crippen molar-refractivity contribution in [3.05, 3.63) is 59.1 Å². The first-order valence-electron chi connectivity index (χ1n) is 6.51. The van der Waals surface area contributed by atoms with Crippen LogP contribution in [-0.2, 0) is 4.79 Å². The fraction of sp³-hybridized carbons (Fsp3) is 0.188. The highest BCUT2D eigenvalue weighted by molar-refractivity contribution is 6.30. The predicted molar refractivity (Wildman–Crippen MR) is 82.7 cm³/mol. The van der Waals surface area contributed by atoms with Crippen LogP contribution in [0.4, 0.5) is 5.69 Å².